The minimum atomic E-state index is -1.05. The number of carbonyl (C=O) groups is 1. The number of fused-ring (bicyclic) bond motifs is 1. The summed E-state index contributed by atoms with van der Waals surface area (Å²) in [6, 6.07) is 13.8. The van der Waals surface area contributed by atoms with Gasteiger partial charge in [-0.25, -0.2) is 9.78 Å². The van der Waals surface area contributed by atoms with Crippen molar-refractivity contribution in [1.82, 2.24) is 9.97 Å². The average molecular weight is 296 g/mol. The molecule has 2 aromatic carbocycles. The summed E-state index contributed by atoms with van der Waals surface area (Å²) < 4.78 is 5.13. The number of ether oxygens (including phenoxy) is 1. The van der Waals surface area contributed by atoms with Crippen LogP contribution in [0.5, 0.6) is 5.75 Å². The molecule has 1 heterocycles. The molecule has 110 valence electrons. The number of carboxylic acids is 1. The van der Waals surface area contributed by atoms with Crippen LogP contribution in [-0.2, 0) is 4.79 Å². The molecule has 1 aromatic heterocycles. The summed E-state index contributed by atoms with van der Waals surface area (Å²) in [5.41, 5.74) is 1.02. The smallest absolute Gasteiger partial charge is 0.341 e. The molecule has 0 fully saturated rings. The van der Waals surface area contributed by atoms with Crippen molar-refractivity contribution in [1.29, 1.82) is 0 Å². The van der Waals surface area contributed by atoms with Gasteiger partial charge in [0.25, 0.3) is 5.56 Å². The summed E-state index contributed by atoms with van der Waals surface area (Å²) in [5.74, 6) is -0.247. The van der Waals surface area contributed by atoms with Gasteiger partial charge in [-0.3, -0.25) is 4.79 Å². The van der Waals surface area contributed by atoms with E-state index in [0.717, 1.165) is 0 Å². The molecule has 2 N–H and O–H groups in total. The Morgan fingerprint density at radius 2 is 2.00 bits per heavy atom. The van der Waals surface area contributed by atoms with E-state index in [9.17, 15) is 9.59 Å². The highest BCUT2D eigenvalue weighted by Crippen LogP contribution is 2.21. The van der Waals surface area contributed by atoms with Crippen LogP contribution in [-0.4, -0.2) is 27.7 Å². The molecule has 6 heteroatoms. The predicted octanol–water partition coefficient (Wildman–Crippen LogP) is 2.05. The van der Waals surface area contributed by atoms with E-state index in [1.165, 1.54) is 0 Å². The first kappa shape index (κ1) is 13.8. The second-order valence-electron chi connectivity index (χ2n) is 4.64. The van der Waals surface area contributed by atoms with Gasteiger partial charge in [0.15, 0.2) is 6.61 Å². The predicted molar refractivity (Wildman–Crippen MR) is 80.9 cm³/mol. The number of aliphatic carboxylic acids is 1. The van der Waals surface area contributed by atoms with Crippen molar-refractivity contribution in [2.24, 2.45) is 0 Å². The third-order valence-corrected chi connectivity index (χ3v) is 3.08. The zero-order chi connectivity index (χ0) is 15.5. The van der Waals surface area contributed by atoms with Crippen LogP contribution in [0.25, 0.3) is 22.3 Å². The molecule has 0 saturated carbocycles. The summed E-state index contributed by atoms with van der Waals surface area (Å²) in [4.78, 5) is 29.7. The number of para-hydroxylation sites is 1. The molecular weight excluding hydrogens is 284 g/mol. The molecule has 6 nitrogen and oxygen atoms in total. The number of H-pyrrole nitrogens is 1. The second kappa shape index (κ2) is 5.69. The van der Waals surface area contributed by atoms with Crippen LogP contribution in [0, 0.1) is 0 Å². The number of rotatable bonds is 4. The van der Waals surface area contributed by atoms with Gasteiger partial charge in [0.05, 0.1) is 10.9 Å². The maximum Gasteiger partial charge on any atom is 0.341 e. The third-order valence-electron chi connectivity index (χ3n) is 3.08. The summed E-state index contributed by atoms with van der Waals surface area (Å²) >= 11 is 0. The zero-order valence-corrected chi connectivity index (χ0v) is 11.4. The third kappa shape index (κ3) is 2.80. The van der Waals surface area contributed by atoms with E-state index in [4.69, 9.17) is 9.84 Å². The normalized spacial score (nSPS) is 10.5. The van der Waals surface area contributed by atoms with E-state index >= 15 is 0 Å². The zero-order valence-electron chi connectivity index (χ0n) is 11.4. The molecule has 0 radical (unpaired) electrons. The van der Waals surface area contributed by atoms with Gasteiger partial charge in [0, 0.05) is 5.56 Å². The lowest BCUT2D eigenvalue weighted by atomic mass is 10.2. The molecule has 3 aromatic rings. The standard InChI is InChI=1S/C16H12N2O4/c19-14(20)9-22-11-5-3-4-10(8-11)15-17-13-7-2-1-6-12(13)16(21)18-15/h1-8H,9H2,(H,19,20)(H,17,18,21). The van der Waals surface area contributed by atoms with Crippen molar-refractivity contribution in [2.45, 2.75) is 0 Å². The maximum absolute atomic E-state index is 12.1. The molecule has 22 heavy (non-hydrogen) atoms. The first-order chi connectivity index (χ1) is 10.6. The maximum atomic E-state index is 12.1. The number of nitrogens with one attached hydrogen (secondary N) is 1. The Morgan fingerprint density at radius 1 is 1.18 bits per heavy atom. The largest absolute Gasteiger partial charge is 0.482 e. The highest BCUT2D eigenvalue weighted by atomic mass is 16.5. The lowest BCUT2D eigenvalue weighted by Crippen LogP contribution is -2.10. The number of hydrogen-bond acceptors (Lipinski definition) is 4. The molecule has 0 amide bonds. The fourth-order valence-corrected chi connectivity index (χ4v) is 2.10. The number of hydrogen-bond donors (Lipinski definition) is 2. The van der Waals surface area contributed by atoms with E-state index < -0.39 is 12.6 Å². The van der Waals surface area contributed by atoms with Crippen molar-refractivity contribution in [3.05, 3.63) is 58.9 Å². The van der Waals surface area contributed by atoms with Crippen LogP contribution >= 0.6 is 0 Å². The van der Waals surface area contributed by atoms with Crippen molar-refractivity contribution in [3.8, 4) is 17.1 Å². The Kier molecular flexibility index (Phi) is 3.57. The van der Waals surface area contributed by atoms with Crippen LogP contribution in [0.2, 0.25) is 0 Å². The van der Waals surface area contributed by atoms with Crippen LogP contribution in [0.4, 0.5) is 0 Å². The molecular formula is C16H12N2O4. The topological polar surface area (TPSA) is 92.3 Å². The average Bonchev–Trinajstić information content (AvgIpc) is 2.53. The SMILES string of the molecule is O=C(O)COc1cccc(-c2nc3ccccc3c(=O)[nH]2)c1. The quantitative estimate of drug-likeness (QED) is 0.768. The minimum absolute atomic E-state index is 0.225. The Hall–Kier alpha value is -3.15. The number of aromatic nitrogens is 2. The molecule has 0 aliphatic carbocycles. The molecule has 0 bridgehead atoms. The molecule has 0 saturated heterocycles. The van der Waals surface area contributed by atoms with Crippen molar-refractivity contribution < 1.29 is 14.6 Å². The molecule has 0 unspecified atom stereocenters. The van der Waals surface area contributed by atoms with Crippen molar-refractivity contribution >= 4 is 16.9 Å². The van der Waals surface area contributed by atoms with Crippen LogP contribution in [0.3, 0.4) is 0 Å². The summed E-state index contributed by atoms with van der Waals surface area (Å²) in [6.45, 7) is -0.425. The second-order valence-corrected chi connectivity index (χ2v) is 4.64. The molecule has 0 spiro atoms. The van der Waals surface area contributed by atoms with Crippen LogP contribution in [0.15, 0.2) is 53.3 Å². The Labute approximate surface area is 125 Å². The number of nitrogens with zero attached hydrogens (tertiary/aromatic N) is 1. The number of carboxylic acid groups (broad SMARTS) is 1. The van der Waals surface area contributed by atoms with Gasteiger partial charge in [-0.1, -0.05) is 24.3 Å². The van der Waals surface area contributed by atoms with Gasteiger partial charge in [-0.2, -0.15) is 0 Å². The van der Waals surface area contributed by atoms with Crippen molar-refractivity contribution in [3.63, 3.8) is 0 Å². The van der Waals surface area contributed by atoms with E-state index in [1.54, 1.807) is 42.5 Å². The first-order valence-corrected chi connectivity index (χ1v) is 6.57. The van der Waals surface area contributed by atoms with E-state index in [0.29, 0.717) is 28.0 Å². The highest BCUT2D eigenvalue weighted by molar-refractivity contribution is 5.79. The molecule has 0 aliphatic rings. The fraction of sp³-hybridized carbons (Fsp3) is 0.0625. The molecule has 0 atom stereocenters. The number of benzene rings is 2. The van der Waals surface area contributed by atoms with E-state index in [2.05, 4.69) is 9.97 Å². The van der Waals surface area contributed by atoms with Crippen LogP contribution in [0.1, 0.15) is 0 Å². The Bertz CT molecular complexity index is 902. The highest BCUT2D eigenvalue weighted by Gasteiger charge is 2.07. The van der Waals surface area contributed by atoms with E-state index in [-0.39, 0.29) is 5.56 Å². The Morgan fingerprint density at radius 3 is 2.82 bits per heavy atom. The molecule has 0 aliphatic heterocycles. The monoisotopic (exact) mass is 296 g/mol. The lowest BCUT2D eigenvalue weighted by Gasteiger charge is -2.06. The summed E-state index contributed by atoms with van der Waals surface area (Å²) in [7, 11) is 0. The minimum Gasteiger partial charge on any atom is -0.482 e. The summed E-state index contributed by atoms with van der Waals surface area (Å²) in [5, 5.41) is 9.15. The molecule has 3 rings (SSSR count). The van der Waals surface area contributed by atoms with E-state index in [1.807, 2.05) is 6.07 Å². The lowest BCUT2D eigenvalue weighted by molar-refractivity contribution is -0.139. The fourth-order valence-electron chi connectivity index (χ4n) is 2.10. The Balaban J connectivity index is 2.02. The van der Waals surface area contributed by atoms with Gasteiger partial charge in [-0.05, 0) is 24.3 Å². The van der Waals surface area contributed by atoms with Gasteiger partial charge in [0.2, 0.25) is 0 Å². The van der Waals surface area contributed by atoms with Crippen molar-refractivity contribution in [2.75, 3.05) is 6.61 Å². The van der Waals surface area contributed by atoms with Gasteiger partial charge in [-0.15, -0.1) is 0 Å². The van der Waals surface area contributed by atoms with Crippen LogP contribution < -0.4 is 10.3 Å². The number of aromatic amines is 1. The summed E-state index contributed by atoms with van der Waals surface area (Å²) in [6.07, 6.45) is 0. The van der Waals surface area contributed by atoms with Gasteiger partial charge in [0.1, 0.15) is 11.6 Å². The van der Waals surface area contributed by atoms with Gasteiger partial charge < -0.3 is 14.8 Å². The first-order valence-electron chi connectivity index (χ1n) is 6.57. The van der Waals surface area contributed by atoms with Gasteiger partial charge >= 0.3 is 5.97 Å².